The number of aliphatic imine (C=N–C) groups is 1. The van der Waals surface area contributed by atoms with Crippen LogP contribution in [0.4, 0.5) is 10.5 Å². The van der Waals surface area contributed by atoms with Crippen LogP contribution in [-0.4, -0.2) is 66.0 Å². The van der Waals surface area contributed by atoms with Crippen molar-refractivity contribution in [3.05, 3.63) is 51.5 Å². The van der Waals surface area contributed by atoms with Gasteiger partial charge in [-0.3, -0.25) is 4.99 Å². The highest BCUT2D eigenvalue weighted by molar-refractivity contribution is 8.20. The van der Waals surface area contributed by atoms with Crippen LogP contribution in [0.15, 0.2) is 51.5 Å². The molecule has 176 valence electrons. The second kappa shape index (κ2) is 9.62. The first-order valence-electron chi connectivity index (χ1n) is 11.6. The SMILES string of the molecule is CCCCCCOC(=O)N1NCN2C3=S(C)C4=C(CN=C4)C3=CN(c3ccccc3Cl)CC21. The summed E-state index contributed by atoms with van der Waals surface area (Å²) in [4.78, 5) is 24.6. The van der Waals surface area contributed by atoms with Gasteiger partial charge in [0.2, 0.25) is 0 Å². The van der Waals surface area contributed by atoms with Crippen molar-refractivity contribution in [2.24, 2.45) is 4.99 Å². The van der Waals surface area contributed by atoms with Crippen molar-refractivity contribution in [1.29, 1.82) is 0 Å². The van der Waals surface area contributed by atoms with Gasteiger partial charge < -0.3 is 9.64 Å². The smallest absolute Gasteiger partial charge is 0.425 e. The fourth-order valence-corrected chi connectivity index (χ4v) is 7.06. The van der Waals surface area contributed by atoms with Crippen molar-refractivity contribution < 1.29 is 9.53 Å². The number of unbranched alkanes of at least 4 members (excludes halogenated alkanes) is 3. The minimum Gasteiger partial charge on any atom is -0.448 e. The van der Waals surface area contributed by atoms with Crippen LogP contribution in [0.1, 0.15) is 32.6 Å². The number of amides is 1. The number of nitrogens with zero attached hydrogens (tertiary/aromatic N) is 4. The van der Waals surface area contributed by atoms with E-state index in [0.29, 0.717) is 31.4 Å². The monoisotopic (exact) mass is 487 g/mol. The Morgan fingerprint density at radius 1 is 1.30 bits per heavy atom. The average Bonchev–Trinajstić information content (AvgIpc) is 3.48. The van der Waals surface area contributed by atoms with E-state index in [4.69, 9.17) is 16.3 Å². The van der Waals surface area contributed by atoms with Crippen LogP contribution in [-0.2, 0) is 4.74 Å². The summed E-state index contributed by atoms with van der Waals surface area (Å²) in [5.41, 5.74) is 6.70. The number of nitrogens with one attached hydrogen (secondary N) is 1. The maximum Gasteiger partial charge on any atom is 0.425 e. The number of benzene rings is 1. The number of fused-ring (bicyclic) bond motifs is 4. The second-order valence-corrected chi connectivity index (χ2v) is 10.8. The molecule has 0 aliphatic carbocycles. The second-order valence-electron chi connectivity index (χ2n) is 8.59. The fourth-order valence-electron chi connectivity index (χ4n) is 4.79. The van der Waals surface area contributed by atoms with Gasteiger partial charge in [-0.15, -0.1) is 10.5 Å². The van der Waals surface area contributed by atoms with Crippen molar-refractivity contribution in [1.82, 2.24) is 15.3 Å². The molecule has 4 heterocycles. The number of anilines is 1. The number of hydrogen-bond acceptors (Lipinski definition) is 6. The van der Waals surface area contributed by atoms with Gasteiger partial charge in [-0.05, 0) is 30.4 Å². The Labute approximate surface area is 202 Å². The molecule has 2 unspecified atom stereocenters. The van der Waals surface area contributed by atoms with Gasteiger partial charge in [-0.1, -0.05) is 49.9 Å². The third-order valence-corrected chi connectivity index (χ3v) is 8.85. The van der Waals surface area contributed by atoms with E-state index in [1.165, 1.54) is 21.0 Å². The maximum atomic E-state index is 13.0. The Bertz CT molecular complexity index is 1080. The lowest BCUT2D eigenvalue weighted by molar-refractivity contribution is 0.0730. The normalized spacial score (nSPS) is 24.1. The zero-order chi connectivity index (χ0) is 22.9. The Morgan fingerprint density at radius 2 is 2.15 bits per heavy atom. The van der Waals surface area contributed by atoms with E-state index in [0.717, 1.165) is 31.4 Å². The first-order chi connectivity index (χ1) is 16.1. The molecule has 2 atom stereocenters. The van der Waals surface area contributed by atoms with Gasteiger partial charge >= 0.3 is 6.09 Å². The summed E-state index contributed by atoms with van der Waals surface area (Å²) in [5, 5.41) is 2.34. The molecule has 1 aromatic rings. The highest BCUT2D eigenvalue weighted by Crippen LogP contribution is 2.45. The quantitative estimate of drug-likeness (QED) is 0.471. The fraction of sp³-hybridized carbons (Fsp3) is 0.458. The number of carbonyl (C=O) groups excluding carboxylic acids is 1. The molecule has 33 heavy (non-hydrogen) atoms. The molecule has 0 aromatic heterocycles. The predicted molar refractivity (Wildman–Crippen MR) is 137 cm³/mol. The van der Waals surface area contributed by atoms with Crippen LogP contribution >= 0.6 is 22.1 Å². The number of hydrogen-bond donors (Lipinski definition) is 1. The topological polar surface area (TPSA) is 60.4 Å². The van der Waals surface area contributed by atoms with E-state index >= 15 is 0 Å². The molecule has 1 amide bonds. The highest BCUT2D eigenvalue weighted by Gasteiger charge is 2.45. The number of rotatable bonds is 6. The Balaban J connectivity index is 1.45. The van der Waals surface area contributed by atoms with Crippen molar-refractivity contribution >= 4 is 45.1 Å². The molecule has 0 radical (unpaired) electrons. The van der Waals surface area contributed by atoms with Crippen LogP contribution in [0.2, 0.25) is 5.02 Å². The van der Waals surface area contributed by atoms with E-state index in [1.54, 1.807) is 5.01 Å². The van der Waals surface area contributed by atoms with Gasteiger partial charge in [-0.2, -0.15) is 0 Å². The first-order valence-corrected chi connectivity index (χ1v) is 13.6. The van der Waals surface area contributed by atoms with E-state index in [9.17, 15) is 4.79 Å². The Kier molecular flexibility index (Phi) is 6.60. The lowest BCUT2D eigenvalue weighted by Crippen LogP contribution is -2.50. The predicted octanol–water partition coefficient (Wildman–Crippen LogP) is 4.55. The Hall–Kier alpha value is -2.13. The van der Waals surface area contributed by atoms with Crippen LogP contribution in [0.25, 0.3) is 0 Å². The summed E-state index contributed by atoms with van der Waals surface area (Å²) in [6.45, 7) is 4.46. The summed E-state index contributed by atoms with van der Waals surface area (Å²) in [6.07, 6.45) is 10.2. The van der Waals surface area contributed by atoms with Gasteiger partial charge in [0.15, 0.2) is 0 Å². The third kappa shape index (κ3) is 4.14. The number of carbonyl (C=O) groups is 1. The van der Waals surface area contributed by atoms with Gasteiger partial charge in [0.1, 0.15) is 6.17 Å². The van der Waals surface area contributed by atoms with Gasteiger partial charge in [0, 0.05) is 22.9 Å². The largest absolute Gasteiger partial charge is 0.448 e. The summed E-state index contributed by atoms with van der Waals surface area (Å²) < 4.78 is 5.64. The lowest BCUT2D eigenvalue weighted by Gasteiger charge is -2.31. The Morgan fingerprint density at radius 3 is 2.97 bits per heavy atom. The van der Waals surface area contributed by atoms with Crippen LogP contribution in [0, 0.1) is 0 Å². The molecule has 5 rings (SSSR count). The molecule has 1 N–H and O–H groups in total. The summed E-state index contributed by atoms with van der Waals surface area (Å²) in [5.74, 6) is 0. The molecule has 0 spiro atoms. The van der Waals surface area contributed by atoms with Gasteiger partial charge in [0.05, 0.1) is 42.1 Å². The molecule has 4 aliphatic rings. The van der Waals surface area contributed by atoms with E-state index in [-0.39, 0.29) is 22.7 Å². The number of para-hydroxylation sites is 1. The van der Waals surface area contributed by atoms with Crippen molar-refractivity contribution in [2.75, 3.05) is 37.5 Å². The minimum atomic E-state index is -0.321. The van der Waals surface area contributed by atoms with Crippen molar-refractivity contribution in [2.45, 2.75) is 38.8 Å². The van der Waals surface area contributed by atoms with Gasteiger partial charge in [-0.25, -0.2) is 20.1 Å². The van der Waals surface area contributed by atoms with Gasteiger partial charge in [0.25, 0.3) is 0 Å². The maximum absolute atomic E-state index is 13.0. The number of hydrazine groups is 1. The number of ether oxygens (including phenoxy) is 1. The molecule has 1 saturated heterocycles. The van der Waals surface area contributed by atoms with Crippen LogP contribution in [0.3, 0.4) is 0 Å². The molecular formula is C24H30ClN5O2S. The molecule has 0 bridgehead atoms. The zero-order valence-electron chi connectivity index (χ0n) is 19.1. The summed E-state index contributed by atoms with van der Waals surface area (Å²) >= 11 is 6.60. The van der Waals surface area contributed by atoms with Crippen LogP contribution < -0.4 is 10.3 Å². The minimum absolute atomic E-state index is 0.104. The lowest BCUT2D eigenvalue weighted by atomic mass is 10.1. The number of halogens is 1. The van der Waals surface area contributed by atoms with Crippen molar-refractivity contribution in [3.8, 4) is 0 Å². The molecular weight excluding hydrogens is 458 g/mol. The summed E-state index contributed by atoms with van der Waals surface area (Å²) in [6, 6.07) is 7.85. The van der Waals surface area contributed by atoms with E-state index < -0.39 is 0 Å². The highest BCUT2D eigenvalue weighted by atomic mass is 35.5. The third-order valence-electron chi connectivity index (χ3n) is 6.49. The number of allylic oxidation sites excluding steroid dienone is 1. The molecule has 4 aliphatic heterocycles. The molecule has 7 nitrogen and oxygen atoms in total. The van der Waals surface area contributed by atoms with Crippen LogP contribution in [0.5, 0.6) is 0 Å². The molecule has 9 heteroatoms. The van der Waals surface area contributed by atoms with E-state index in [2.05, 4.69) is 39.6 Å². The van der Waals surface area contributed by atoms with Crippen molar-refractivity contribution in [3.63, 3.8) is 0 Å². The average molecular weight is 488 g/mol. The van der Waals surface area contributed by atoms with E-state index in [1.807, 2.05) is 30.5 Å². The molecule has 0 saturated carbocycles. The standard InChI is InChI=1S/C24H30ClN5O2S/c1-3-4-5-8-11-32-24(31)30-22-15-28(20-10-7-6-9-19(20)25)14-18-17-12-26-13-21(17)33(2)23(18)29(22)16-27-30/h6-7,9-10,13-14,22,27H,3-5,8,11-12,15-16H2,1-2H3. The zero-order valence-corrected chi connectivity index (χ0v) is 20.7. The summed E-state index contributed by atoms with van der Waals surface area (Å²) in [7, 11) is -0.104. The molecule has 1 aromatic carbocycles. The molecule has 1 fully saturated rings. The first kappa shape index (κ1) is 22.7.